The maximum absolute atomic E-state index is 13.5. The van der Waals surface area contributed by atoms with Gasteiger partial charge in [0, 0.05) is 23.4 Å². The summed E-state index contributed by atoms with van der Waals surface area (Å²) < 4.78 is 0. The second-order valence-corrected chi connectivity index (χ2v) is 10.8. The lowest BCUT2D eigenvalue weighted by atomic mass is 9.64. The van der Waals surface area contributed by atoms with Gasteiger partial charge in [-0.1, -0.05) is 68.4 Å². The molecule has 4 aromatic rings. The van der Waals surface area contributed by atoms with Gasteiger partial charge in [-0.05, 0) is 54.5 Å². The van der Waals surface area contributed by atoms with Gasteiger partial charge in [0.1, 0.15) is 0 Å². The van der Waals surface area contributed by atoms with Crippen LogP contribution in [-0.2, 0) is 11.0 Å². The van der Waals surface area contributed by atoms with E-state index in [1.807, 2.05) is 68.4 Å². The number of pyridine rings is 2. The molecule has 5 rings (SSSR count). The van der Waals surface area contributed by atoms with E-state index >= 15 is 0 Å². The normalized spacial score (nSPS) is 19.9. The Morgan fingerprint density at radius 3 is 2.32 bits per heavy atom. The summed E-state index contributed by atoms with van der Waals surface area (Å²) in [5.74, 6) is 0. The first kappa shape index (κ1) is 25.4. The maximum atomic E-state index is 13.5. The number of H-pyrrole nitrogens is 1. The summed E-state index contributed by atoms with van der Waals surface area (Å²) in [6, 6.07) is 22.2. The molecule has 0 bridgehead atoms. The van der Waals surface area contributed by atoms with Crippen molar-refractivity contribution in [3.63, 3.8) is 0 Å². The largest absolute Gasteiger partial charge is 0.390 e. The number of aliphatic hydroxyl groups excluding tert-OH is 1. The lowest BCUT2D eigenvalue weighted by molar-refractivity contribution is 0.0374. The van der Waals surface area contributed by atoms with Gasteiger partial charge in [-0.15, -0.1) is 0 Å². The van der Waals surface area contributed by atoms with Crippen molar-refractivity contribution in [2.45, 2.75) is 51.2 Å². The Morgan fingerprint density at radius 2 is 1.63 bits per heavy atom. The number of carbonyl (C=O) groups excluding carboxylic acids is 1. The average Bonchev–Trinajstić information content (AvgIpc) is 2.89. The average molecular weight is 509 g/mol. The molecule has 0 saturated heterocycles. The summed E-state index contributed by atoms with van der Waals surface area (Å²) in [6.45, 7) is 8.00. The van der Waals surface area contributed by atoms with Gasteiger partial charge < -0.3 is 20.7 Å². The fourth-order valence-corrected chi connectivity index (χ4v) is 5.42. The molecule has 2 aromatic carbocycles. The summed E-state index contributed by atoms with van der Waals surface area (Å²) in [5, 5.41) is 17.3. The van der Waals surface area contributed by atoms with Crippen molar-refractivity contribution in [1.29, 1.82) is 0 Å². The minimum Gasteiger partial charge on any atom is -0.390 e. The number of hydrogen-bond donors (Lipinski definition) is 4. The second-order valence-electron chi connectivity index (χ2n) is 10.8. The summed E-state index contributed by atoms with van der Waals surface area (Å²) in [4.78, 5) is 32.7. The predicted octanol–water partition coefficient (Wildman–Crippen LogP) is 5.49. The van der Waals surface area contributed by atoms with Crippen LogP contribution in [-0.4, -0.2) is 27.2 Å². The number of hydrogen-bond acceptors (Lipinski definition) is 4. The molecular formula is C31H32N4O3. The van der Waals surface area contributed by atoms with Crippen LogP contribution in [0.4, 0.5) is 10.5 Å². The minimum atomic E-state index is -0.971. The molecule has 0 unspecified atom stereocenters. The molecular weight excluding hydrogens is 476 g/mol. The summed E-state index contributed by atoms with van der Waals surface area (Å²) in [6.07, 6.45) is 1.38. The second kappa shape index (κ2) is 9.58. The molecule has 2 amide bonds. The Labute approximate surface area is 222 Å². The molecule has 0 radical (unpaired) electrons. The highest BCUT2D eigenvalue weighted by atomic mass is 16.3. The molecule has 2 atom stereocenters. The third-order valence-corrected chi connectivity index (χ3v) is 7.53. The molecule has 0 spiro atoms. The van der Waals surface area contributed by atoms with Crippen LogP contribution in [0.3, 0.4) is 0 Å². The van der Waals surface area contributed by atoms with Gasteiger partial charge in [0.15, 0.2) is 0 Å². The van der Waals surface area contributed by atoms with Crippen LogP contribution in [0.25, 0.3) is 22.5 Å². The number of aryl methyl sites for hydroxylation is 1. The van der Waals surface area contributed by atoms with Crippen molar-refractivity contribution in [3.8, 4) is 22.5 Å². The van der Waals surface area contributed by atoms with Crippen molar-refractivity contribution in [2.24, 2.45) is 0 Å². The van der Waals surface area contributed by atoms with Crippen LogP contribution >= 0.6 is 0 Å². The molecule has 7 heteroatoms. The Hall–Kier alpha value is -4.23. The van der Waals surface area contributed by atoms with E-state index in [2.05, 4.69) is 35.5 Å². The van der Waals surface area contributed by atoms with E-state index in [0.717, 1.165) is 27.8 Å². The lowest BCUT2D eigenvalue weighted by Crippen LogP contribution is -2.57. The van der Waals surface area contributed by atoms with Gasteiger partial charge in [0.05, 0.1) is 28.7 Å². The number of carbonyl (C=O) groups is 1. The Balaban J connectivity index is 1.52. The van der Waals surface area contributed by atoms with Gasteiger partial charge >= 0.3 is 6.03 Å². The molecule has 7 nitrogen and oxygen atoms in total. The fourth-order valence-electron chi connectivity index (χ4n) is 5.42. The molecule has 38 heavy (non-hydrogen) atoms. The SMILES string of the molecule is Cc1cc(NC(=O)N[C@@]2(C)c3ccccc3C(C)(C)C[C@H]2O)c(-c2ccccc2)nc1-c1ccc(=O)[nH]c1. The fraction of sp³-hybridized carbons (Fsp3) is 0.258. The topological polar surface area (TPSA) is 107 Å². The van der Waals surface area contributed by atoms with Crippen molar-refractivity contribution in [3.05, 3.63) is 106 Å². The Kier molecular flexibility index (Phi) is 6.41. The van der Waals surface area contributed by atoms with Crippen LogP contribution in [0.2, 0.25) is 0 Å². The third-order valence-electron chi connectivity index (χ3n) is 7.53. The van der Waals surface area contributed by atoms with Gasteiger partial charge in [0.25, 0.3) is 0 Å². The third kappa shape index (κ3) is 4.61. The molecule has 0 aliphatic heterocycles. The standard InChI is InChI=1S/C31H32N4O3/c1-19-16-24(28(20-10-6-5-7-11-20)34-27(19)21-14-15-26(37)32-18-21)33-29(38)35-31(4)23-13-9-8-12-22(23)30(2,3)17-25(31)36/h5-16,18,25,36H,17H2,1-4H3,(H,32,37)(H2,33,35,38)/t25-,31+/m1/s1. The number of urea groups is 1. The number of aromatic amines is 1. The summed E-state index contributed by atoms with van der Waals surface area (Å²) >= 11 is 0. The Morgan fingerprint density at radius 1 is 0.947 bits per heavy atom. The molecule has 194 valence electrons. The smallest absolute Gasteiger partial charge is 0.320 e. The first-order valence-corrected chi connectivity index (χ1v) is 12.7. The van der Waals surface area contributed by atoms with Gasteiger partial charge in [-0.3, -0.25) is 4.79 Å². The molecule has 0 fully saturated rings. The van der Waals surface area contributed by atoms with E-state index in [0.29, 0.717) is 23.5 Å². The van der Waals surface area contributed by atoms with E-state index in [4.69, 9.17) is 4.98 Å². The first-order chi connectivity index (χ1) is 18.1. The minimum absolute atomic E-state index is 0.187. The number of amides is 2. The van der Waals surface area contributed by atoms with Crippen molar-refractivity contribution < 1.29 is 9.90 Å². The number of nitrogens with one attached hydrogen (secondary N) is 3. The van der Waals surface area contributed by atoms with Crippen LogP contribution in [0.5, 0.6) is 0 Å². The van der Waals surface area contributed by atoms with E-state index in [1.165, 1.54) is 6.07 Å². The number of nitrogens with zero attached hydrogens (tertiary/aromatic N) is 1. The molecule has 0 saturated carbocycles. The van der Waals surface area contributed by atoms with E-state index < -0.39 is 17.7 Å². The molecule has 2 heterocycles. The zero-order valence-electron chi connectivity index (χ0n) is 22.0. The first-order valence-electron chi connectivity index (χ1n) is 12.7. The number of fused-ring (bicyclic) bond motifs is 1. The Bertz CT molecular complexity index is 1540. The number of anilines is 1. The highest BCUT2D eigenvalue weighted by Gasteiger charge is 2.47. The number of rotatable bonds is 4. The van der Waals surface area contributed by atoms with Crippen LogP contribution in [0.15, 0.2) is 83.8 Å². The molecule has 1 aliphatic carbocycles. The zero-order valence-corrected chi connectivity index (χ0v) is 22.0. The van der Waals surface area contributed by atoms with Crippen molar-refractivity contribution >= 4 is 11.7 Å². The van der Waals surface area contributed by atoms with Gasteiger partial charge in [-0.2, -0.15) is 0 Å². The monoisotopic (exact) mass is 508 g/mol. The van der Waals surface area contributed by atoms with Gasteiger partial charge in [0.2, 0.25) is 5.56 Å². The number of aromatic nitrogens is 2. The van der Waals surface area contributed by atoms with Gasteiger partial charge in [-0.25, -0.2) is 9.78 Å². The molecule has 4 N–H and O–H groups in total. The molecule has 2 aromatic heterocycles. The maximum Gasteiger partial charge on any atom is 0.320 e. The number of benzene rings is 2. The van der Waals surface area contributed by atoms with Crippen molar-refractivity contribution in [1.82, 2.24) is 15.3 Å². The quantitative estimate of drug-likeness (QED) is 0.292. The zero-order chi connectivity index (χ0) is 27.1. The number of aliphatic hydroxyl groups is 1. The summed E-state index contributed by atoms with van der Waals surface area (Å²) in [5.41, 5.74) is 4.94. The van der Waals surface area contributed by atoms with E-state index in [9.17, 15) is 14.7 Å². The van der Waals surface area contributed by atoms with E-state index in [1.54, 1.807) is 12.3 Å². The van der Waals surface area contributed by atoms with E-state index in [-0.39, 0.29) is 11.0 Å². The summed E-state index contributed by atoms with van der Waals surface area (Å²) in [7, 11) is 0. The van der Waals surface area contributed by atoms with Crippen LogP contribution in [0, 0.1) is 6.92 Å². The van der Waals surface area contributed by atoms with Crippen LogP contribution in [0.1, 0.15) is 43.9 Å². The predicted molar refractivity (Wildman–Crippen MR) is 150 cm³/mol. The lowest BCUT2D eigenvalue weighted by Gasteiger charge is -2.47. The highest BCUT2D eigenvalue weighted by Crippen LogP contribution is 2.44. The van der Waals surface area contributed by atoms with Crippen molar-refractivity contribution in [2.75, 3.05) is 5.32 Å². The molecule has 1 aliphatic rings. The van der Waals surface area contributed by atoms with Crippen LogP contribution < -0.4 is 16.2 Å². The highest BCUT2D eigenvalue weighted by molar-refractivity contribution is 5.95.